The lowest BCUT2D eigenvalue weighted by Gasteiger charge is -1.95. The molecule has 0 aliphatic carbocycles. The van der Waals surface area contributed by atoms with E-state index in [1.807, 2.05) is 0 Å². The fourth-order valence-electron chi connectivity index (χ4n) is 0.623. The Balaban J connectivity index is 0. The van der Waals surface area contributed by atoms with Gasteiger partial charge in [-0.3, -0.25) is 4.79 Å². The van der Waals surface area contributed by atoms with E-state index in [4.69, 9.17) is 10.2 Å². The van der Waals surface area contributed by atoms with E-state index in [0.717, 1.165) is 0 Å². The van der Waals surface area contributed by atoms with Crippen LogP contribution in [0.25, 0.3) is 0 Å². The topological polar surface area (TPSA) is 74.6 Å². The molecule has 0 aliphatic heterocycles. The first-order chi connectivity index (χ1) is 6.45. The Morgan fingerprint density at radius 1 is 1.36 bits per heavy atom. The van der Waals surface area contributed by atoms with Crippen molar-refractivity contribution in [3.63, 3.8) is 0 Å². The van der Waals surface area contributed by atoms with Gasteiger partial charge in [-0.2, -0.15) is 0 Å². The van der Waals surface area contributed by atoms with Crippen LogP contribution in [0.4, 0.5) is 0 Å². The molecule has 0 aromatic rings. The van der Waals surface area contributed by atoms with Gasteiger partial charge in [0, 0.05) is 19.4 Å². The maximum atomic E-state index is 10.3. The summed E-state index contributed by atoms with van der Waals surface area (Å²) in [6.45, 7) is 4.86. The lowest BCUT2D eigenvalue weighted by molar-refractivity contribution is -0.125. The standard InChI is InChI=1S/2C5H10O2/c1-5(7)3-2-4-6;1-3-5(7)4(2)6/h6H,2-4H2,1H3;4,6H,3H2,1-2H3. The van der Waals surface area contributed by atoms with E-state index >= 15 is 0 Å². The van der Waals surface area contributed by atoms with Crippen molar-refractivity contribution in [1.29, 1.82) is 0 Å². The van der Waals surface area contributed by atoms with Crippen molar-refractivity contribution in [2.75, 3.05) is 6.61 Å². The molecule has 14 heavy (non-hydrogen) atoms. The zero-order chi connectivity index (χ0) is 11.6. The van der Waals surface area contributed by atoms with Gasteiger partial charge in [0.15, 0.2) is 5.78 Å². The van der Waals surface area contributed by atoms with Crippen LogP contribution in [-0.4, -0.2) is 34.5 Å². The van der Waals surface area contributed by atoms with Gasteiger partial charge < -0.3 is 15.0 Å². The highest BCUT2D eigenvalue weighted by Crippen LogP contribution is 1.86. The molecule has 4 heteroatoms. The number of ketones is 2. The van der Waals surface area contributed by atoms with Gasteiger partial charge in [-0.15, -0.1) is 0 Å². The number of carbonyl (C=O) groups is 2. The van der Waals surface area contributed by atoms with Gasteiger partial charge in [0.1, 0.15) is 11.9 Å². The van der Waals surface area contributed by atoms with E-state index in [9.17, 15) is 9.59 Å². The first-order valence-corrected chi connectivity index (χ1v) is 4.76. The summed E-state index contributed by atoms with van der Waals surface area (Å²) in [4.78, 5) is 20.4. The van der Waals surface area contributed by atoms with Crippen LogP contribution in [-0.2, 0) is 9.59 Å². The highest BCUT2D eigenvalue weighted by Gasteiger charge is 2.02. The molecule has 0 aromatic heterocycles. The first kappa shape index (κ1) is 15.7. The molecule has 0 aliphatic rings. The van der Waals surface area contributed by atoms with Gasteiger partial charge in [0.25, 0.3) is 0 Å². The zero-order valence-corrected chi connectivity index (χ0v) is 9.12. The van der Waals surface area contributed by atoms with Gasteiger partial charge in [-0.25, -0.2) is 0 Å². The smallest absolute Gasteiger partial charge is 0.160 e. The van der Waals surface area contributed by atoms with Crippen molar-refractivity contribution in [3.8, 4) is 0 Å². The van der Waals surface area contributed by atoms with Gasteiger partial charge in [0.2, 0.25) is 0 Å². The number of carbonyl (C=O) groups excluding carboxylic acids is 2. The van der Waals surface area contributed by atoms with E-state index < -0.39 is 6.10 Å². The molecule has 1 atom stereocenters. The third kappa shape index (κ3) is 13.8. The predicted octanol–water partition coefficient (Wildman–Crippen LogP) is 0.694. The first-order valence-electron chi connectivity index (χ1n) is 4.76. The molecule has 0 spiro atoms. The molecule has 0 rings (SSSR count). The van der Waals surface area contributed by atoms with Crippen molar-refractivity contribution in [3.05, 3.63) is 0 Å². The summed E-state index contributed by atoms with van der Waals surface area (Å²) in [5.74, 6) is 0.0500. The Hall–Kier alpha value is -0.740. The molecular weight excluding hydrogens is 184 g/mol. The Bertz CT molecular complexity index is 164. The summed E-state index contributed by atoms with van der Waals surface area (Å²) in [5, 5.41) is 16.6. The van der Waals surface area contributed by atoms with Crippen molar-refractivity contribution in [2.24, 2.45) is 0 Å². The molecule has 0 radical (unpaired) electrons. The average Bonchev–Trinajstić information content (AvgIpc) is 2.14. The molecule has 0 saturated carbocycles. The Kier molecular flexibility index (Phi) is 11.6. The predicted molar refractivity (Wildman–Crippen MR) is 54.0 cm³/mol. The van der Waals surface area contributed by atoms with E-state index in [0.29, 0.717) is 19.3 Å². The minimum atomic E-state index is -0.773. The second kappa shape index (κ2) is 10.3. The molecule has 0 amide bonds. The lowest BCUT2D eigenvalue weighted by Crippen LogP contribution is -2.13. The van der Waals surface area contributed by atoms with Crippen LogP contribution in [0, 0.1) is 0 Å². The van der Waals surface area contributed by atoms with E-state index in [1.54, 1.807) is 6.92 Å². The number of hydrogen-bond acceptors (Lipinski definition) is 4. The lowest BCUT2D eigenvalue weighted by atomic mass is 10.2. The van der Waals surface area contributed by atoms with Crippen LogP contribution in [0.3, 0.4) is 0 Å². The summed E-state index contributed by atoms with van der Waals surface area (Å²) in [5.41, 5.74) is 0. The van der Waals surface area contributed by atoms with E-state index in [2.05, 4.69) is 0 Å². The highest BCUT2D eigenvalue weighted by atomic mass is 16.3. The van der Waals surface area contributed by atoms with E-state index in [-0.39, 0.29) is 18.2 Å². The highest BCUT2D eigenvalue weighted by molar-refractivity contribution is 5.81. The minimum absolute atomic E-state index is 0.0972. The Morgan fingerprint density at radius 2 is 1.86 bits per heavy atom. The molecule has 2 N–H and O–H groups in total. The average molecular weight is 204 g/mol. The Morgan fingerprint density at radius 3 is 1.93 bits per heavy atom. The summed E-state index contributed by atoms with van der Waals surface area (Å²) in [6.07, 6.45) is 0.772. The molecule has 0 aromatic carbocycles. The van der Waals surface area contributed by atoms with Crippen molar-refractivity contribution >= 4 is 11.6 Å². The third-order valence-corrected chi connectivity index (χ3v) is 1.50. The number of hydrogen-bond donors (Lipinski definition) is 2. The van der Waals surface area contributed by atoms with Crippen LogP contribution in [0.15, 0.2) is 0 Å². The number of Topliss-reactive ketones (excluding diaryl/α,β-unsaturated/α-hetero) is 2. The Labute approximate surface area is 84.9 Å². The summed E-state index contributed by atoms with van der Waals surface area (Å²) in [6, 6.07) is 0. The van der Waals surface area contributed by atoms with Crippen molar-refractivity contribution < 1.29 is 19.8 Å². The fourth-order valence-corrected chi connectivity index (χ4v) is 0.623. The van der Waals surface area contributed by atoms with Gasteiger partial charge in [-0.1, -0.05) is 6.92 Å². The second-order valence-electron chi connectivity index (χ2n) is 3.03. The number of aliphatic hydroxyl groups excluding tert-OH is 2. The maximum Gasteiger partial charge on any atom is 0.160 e. The molecule has 0 bridgehead atoms. The summed E-state index contributed by atoms with van der Waals surface area (Å²) >= 11 is 0. The third-order valence-electron chi connectivity index (χ3n) is 1.50. The van der Waals surface area contributed by atoms with Crippen molar-refractivity contribution in [1.82, 2.24) is 0 Å². The van der Waals surface area contributed by atoms with E-state index in [1.165, 1.54) is 13.8 Å². The molecule has 0 heterocycles. The van der Waals surface area contributed by atoms with Crippen LogP contribution >= 0.6 is 0 Å². The van der Waals surface area contributed by atoms with Crippen LogP contribution in [0.5, 0.6) is 0 Å². The molecule has 1 unspecified atom stereocenters. The normalized spacial score (nSPS) is 11.2. The van der Waals surface area contributed by atoms with Gasteiger partial charge in [-0.05, 0) is 20.3 Å². The molecule has 4 nitrogen and oxygen atoms in total. The zero-order valence-electron chi connectivity index (χ0n) is 9.12. The van der Waals surface area contributed by atoms with Crippen molar-refractivity contribution in [2.45, 2.75) is 46.1 Å². The molecule has 0 fully saturated rings. The number of aliphatic hydroxyl groups is 2. The molecule has 0 saturated heterocycles. The fraction of sp³-hybridized carbons (Fsp3) is 0.800. The minimum Gasteiger partial charge on any atom is -0.396 e. The van der Waals surface area contributed by atoms with Gasteiger partial charge in [0.05, 0.1) is 0 Å². The monoisotopic (exact) mass is 204 g/mol. The SMILES string of the molecule is CC(=O)CCCO.CCC(=O)C(C)O. The second-order valence-corrected chi connectivity index (χ2v) is 3.03. The number of rotatable bonds is 5. The van der Waals surface area contributed by atoms with Crippen LogP contribution in [0.1, 0.15) is 40.0 Å². The summed E-state index contributed by atoms with van der Waals surface area (Å²) in [7, 11) is 0. The van der Waals surface area contributed by atoms with Gasteiger partial charge >= 0.3 is 0 Å². The molecular formula is C10H20O4. The molecule has 84 valence electrons. The summed E-state index contributed by atoms with van der Waals surface area (Å²) < 4.78 is 0. The maximum absolute atomic E-state index is 10.3. The quantitative estimate of drug-likeness (QED) is 0.691. The largest absolute Gasteiger partial charge is 0.396 e. The van der Waals surface area contributed by atoms with Crippen LogP contribution in [0.2, 0.25) is 0 Å². The van der Waals surface area contributed by atoms with Crippen LogP contribution < -0.4 is 0 Å².